The molecule has 0 aliphatic heterocycles. The van der Waals surface area contributed by atoms with E-state index in [0.717, 1.165) is 54.2 Å². The fourth-order valence-electron chi connectivity index (χ4n) is 3.57. The second-order valence-corrected chi connectivity index (χ2v) is 8.89. The number of nitrogens with zero attached hydrogens (tertiary/aromatic N) is 3. The van der Waals surface area contributed by atoms with Crippen molar-refractivity contribution in [3.63, 3.8) is 0 Å². The van der Waals surface area contributed by atoms with Crippen LogP contribution in [0.2, 0.25) is 0 Å². The summed E-state index contributed by atoms with van der Waals surface area (Å²) in [6, 6.07) is 34.6. The van der Waals surface area contributed by atoms with Crippen LogP contribution in [0.15, 0.2) is 112 Å². The summed E-state index contributed by atoms with van der Waals surface area (Å²) in [4.78, 5) is 14.1. The van der Waals surface area contributed by atoms with Gasteiger partial charge in [-0.15, -0.1) is 0 Å². The number of benzene rings is 2. The van der Waals surface area contributed by atoms with Crippen LogP contribution < -0.4 is 0 Å². The van der Waals surface area contributed by atoms with Crippen LogP contribution in [0.25, 0.3) is 45.0 Å². The molecule has 0 saturated heterocycles. The average molecular weight is 543 g/mol. The molecule has 154 valence electrons. The van der Waals surface area contributed by atoms with Crippen LogP contribution in [0.1, 0.15) is 0 Å². The second-order valence-electron chi connectivity index (χ2n) is 7.26. The monoisotopic (exact) mass is 541 g/mol. The third kappa shape index (κ3) is 4.54. The molecule has 0 atom stereocenters. The van der Waals surface area contributed by atoms with Crippen molar-refractivity contribution in [2.24, 2.45) is 0 Å². The van der Waals surface area contributed by atoms with Gasteiger partial charge in [0.1, 0.15) is 9.21 Å². The van der Waals surface area contributed by atoms with Crippen LogP contribution in [-0.4, -0.2) is 15.0 Å². The van der Waals surface area contributed by atoms with E-state index in [0.29, 0.717) is 0 Å². The van der Waals surface area contributed by atoms with Gasteiger partial charge in [0.2, 0.25) is 0 Å². The summed E-state index contributed by atoms with van der Waals surface area (Å²) >= 11 is 6.91. The van der Waals surface area contributed by atoms with Crippen LogP contribution in [0.3, 0.4) is 0 Å². The summed E-state index contributed by atoms with van der Waals surface area (Å²) in [6.07, 6.45) is 0. The lowest BCUT2D eigenvalue weighted by Gasteiger charge is -2.09. The number of halogens is 2. The molecule has 0 bridgehead atoms. The van der Waals surface area contributed by atoms with E-state index in [4.69, 9.17) is 4.98 Å². The summed E-state index contributed by atoms with van der Waals surface area (Å²) in [5.41, 5.74) is 7.90. The summed E-state index contributed by atoms with van der Waals surface area (Å²) in [7, 11) is 0. The first kappa shape index (κ1) is 20.7. The Hall–Kier alpha value is -3.15. The highest BCUT2D eigenvalue weighted by Crippen LogP contribution is 2.29. The maximum Gasteiger partial charge on any atom is 0.106 e. The summed E-state index contributed by atoms with van der Waals surface area (Å²) in [5.74, 6) is 0. The lowest BCUT2D eigenvalue weighted by atomic mass is 10.0. The van der Waals surface area contributed by atoms with Crippen molar-refractivity contribution in [2.45, 2.75) is 0 Å². The van der Waals surface area contributed by atoms with Crippen molar-refractivity contribution in [3.8, 4) is 45.0 Å². The first-order valence-electron chi connectivity index (χ1n) is 10.1. The van der Waals surface area contributed by atoms with E-state index in [-0.39, 0.29) is 0 Å². The third-order valence-electron chi connectivity index (χ3n) is 5.09. The van der Waals surface area contributed by atoms with Gasteiger partial charge < -0.3 is 0 Å². The Kier molecular flexibility index (Phi) is 5.93. The lowest BCUT2D eigenvalue weighted by Crippen LogP contribution is -1.90. The molecule has 3 nitrogen and oxygen atoms in total. The van der Waals surface area contributed by atoms with Gasteiger partial charge in [0.05, 0.1) is 22.8 Å². The van der Waals surface area contributed by atoms with Crippen LogP contribution >= 0.6 is 31.9 Å². The van der Waals surface area contributed by atoms with E-state index in [1.807, 2.05) is 66.7 Å². The van der Waals surface area contributed by atoms with Crippen LogP contribution in [-0.2, 0) is 0 Å². The normalized spacial score (nSPS) is 10.8. The molecule has 0 saturated carbocycles. The standard InChI is InChI=1S/C27H17Br2N3/c28-26-14-4-12-24(31-26)20-8-1-6-18(16-20)22-10-3-11-23(30-22)19-7-2-9-21(17-19)25-13-5-15-27(29)32-25/h1-17H. The summed E-state index contributed by atoms with van der Waals surface area (Å²) in [6.45, 7) is 0. The third-order valence-corrected chi connectivity index (χ3v) is 5.97. The number of aromatic nitrogens is 3. The predicted octanol–water partition coefficient (Wildman–Crippen LogP) is 8.06. The molecule has 0 aliphatic rings. The predicted molar refractivity (Wildman–Crippen MR) is 137 cm³/mol. The molecule has 0 spiro atoms. The smallest absolute Gasteiger partial charge is 0.106 e. The van der Waals surface area contributed by atoms with E-state index >= 15 is 0 Å². The molecule has 0 fully saturated rings. The molecule has 0 radical (unpaired) electrons. The van der Waals surface area contributed by atoms with Gasteiger partial charge in [-0.25, -0.2) is 15.0 Å². The fourth-order valence-corrected chi connectivity index (χ4v) is 4.26. The zero-order valence-corrected chi connectivity index (χ0v) is 20.1. The van der Waals surface area contributed by atoms with Crippen LogP contribution in [0.5, 0.6) is 0 Å². The number of pyridine rings is 3. The van der Waals surface area contributed by atoms with Gasteiger partial charge >= 0.3 is 0 Å². The molecule has 0 amide bonds. The lowest BCUT2D eigenvalue weighted by molar-refractivity contribution is 1.27. The van der Waals surface area contributed by atoms with Crippen LogP contribution in [0.4, 0.5) is 0 Å². The molecule has 0 aliphatic carbocycles. The first-order valence-corrected chi connectivity index (χ1v) is 11.7. The Morgan fingerprint density at radius 2 is 0.688 bits per heavy atom. The summed E-state index contributed by atoms with van der Waals surface area (Å²) in [5, 5.41) is 0. The average Bonchev–Trinajstić information content (AvgIpc) is 2.84. The Morgan fingerprint density at radius 3 is 1.06 bits per heavy atom. The Labute approximate surface area is 203 Å². The van der Waals surface area contributed by atoms with Crippen molar-refractivity contribution in [3.05, 3.63) is 112 Å². The molecule has 3 heterocycles. The Morgan fingerprint density at radius 1 is 0.375 bits per heavy atom. The van der Waals surface area contributed by atoms with Gasteiger partial charge in [-0.2, -0.15) is 0 Å². The van der Waals surface area contributed by atoms with Crippen molar-refractivity contribution < 1.29 is 0 Å². The molecule has 0 N–H and O–H groups in total. The molecule has 5 aromatic rings. The molecular weight excluding hydrogens is 526 g/mol. The maximum atomic E-state index is 4.96. The van der Waals surface area contributed by atoms with Gasteiger partial charge in [-0.05, 0) is 80.4 Å². The number of hydrogen-bond donors (Lipinski definition) is 0. The molecule has 5 rings (SSSR count). The van der Waals surface area contributed by atoms with Gasteiger partial charge in [-0.3, -0.25) is 0 Å². The minimum Gasteiger partial charge on any atom is -0.248 e. The van der Waals surface area contributed by atoms with E-state index < -0.39 is 0 Å². The van der Waals surface area contributed by atoms with Crippen LogP contribution in [0, 0.1) is 0 Å². The number of hydrogen-bond acceptors (Lipinski definition) is 3. The molecule has 0 unspecified atom stereocenters. The van der Waals surface area contributed by atoms with E-state index in [1.54, 1.807) is 0 Å². The minimum absolute atomic E-state index is 0.820. The van der Waals surface area contributed by atoms with Crippen molar-refractivity contribution in [1.29, 1.82) is 0 Å². The topological polar surface area (TPSA) is 38.7 Å². The Balaban J connectivity index is 1.51. The minimum atomic E-state index is 0.820. The highest BCUT2D eigenvalue weighted by atomic mass is 79.9. The molecular formula is C27H17Br2N3. The zero-order chi connectivity index (χ0) is 21.9. The largest absolute Gasteiger partial charge is 0.248 e. The van der Waals surface area contributed by atoms with Crippen molar-refractivity contribution in [1.82, 2.24) is 15.0 Å². The van der Waals surface area contributed by atoms with Gasteiger partial charge in [0, 0.05) is 22.3 Å². The maximum absolute atomic E-state index is 4.96. The van der Waals surface area contributed by atoms with E-state index in [2.05, 4.69) is 78.2 Å². The molecule has 2 aromatic carbocycles. The highest BCUT2D eigenvalue weighted by Gasteiger charge is 2.08. The Bertz CT molecular complexity index is 1310. The first-order chi connectivity index (χ1) is 15.7. The quantitative estimate of drug-likeness (QED) is 0.215. The fraction of sp³-hybridized carbons (Fsp3) is 0. The van der Waals surface area contributed by atoms with Gasteiger partial charge in [0.25, 0.3) is 0 Å². The summed E-state index contributed by atoms with van der Waals surface area (Å²) < 4.78 is 1.64. The molecule has 5 heteroatoms. The zero-order valence-electron chi connectivity index (χ0n) is 16.9. The molecule has 32 heavy (non-hydrogen) atoms. The SMILES string of the molecule is Brc1cccc(-c2cccc(-c3cccc(-c4cccc(-c5cccc(Br)n5)c4)n3)c2)n1. The van der Waals surface area contributed by atoms with Gasteiger partial charge in [-0.1, -0.05) is 54.6 Å². The highest BCUT2D eigenvalue weighted by molar-refractivity contribution is 9.10. The van der Waals surface area contributed by atoms with E-state index in [1.165, 1.54) is 0 Å². The molecule has 3 aromatic heterocycles. The van der Waals surface area contributed by atoms with Crippen molar-refractivity contribution >= 4 is 31.9 Å². The van der Waals surface area contributed by atoms with Gasteiger partial charge in [0.15, 0.2) is 0 Å². The number of rotatable bonds is 4. The van der Waals surface area contributed by atoms with Crippen molar-refractivity contribution in [2.75, 3.05) is 0 Å². The van der Waals surface area contributed by atoms with E-state index in [9.17, 15) is 0 Å². The second kappa shape index (κ2) is 9.15.